The van der Waals surface area contributed by atoms with Crippen molar-refractivity contribution in [1.29, 1.82) is 0 Å². The number of fused-ring (bicyclic) bond motifs is 1. The molecule has 0 atom stereocenters. The predicted octanol–water partition coefficient (Wildman–Crippen LogP) is 3.17. The molecule has 0 unspecified atom stereocenters. The number of aromatic nitrogens is 2. The number of aromatic hydroxyl groups is 1. The normalized spacial score (nSPS) is 10.7. The van der Waals surface area contributed by atoms with E-state index in [4.69, 9.17) is 9.15 Å². The number of pyridine rings is 2. The highest BCUT2D eigenvalue weighted by molar-refractivity contribution is 5.90. The van der Waals surface area contributed by atoms with E-state index in [1.807, 2.05) is 0 Å². The van der Waals surface area contributed by atoms with Crippen molar-refractivity contribution in [2.75, 3.05) is 0 Å². The number of carbonyl (C=O) groups is 1. The molecule has 0 radical (unpaired) electrons. The van der Waals surface area contributed by atoms with Crippen molar-refractivity contribution in [3.05, 3.63) is 82.9 Å². The van der Waals surface area contributed by atoms with Crippen LogP contribution in [0.15, 0.2) is 76.3 Å². The zero-order valence-electron chi connectivity index (χ0n) is 13.8. The fourth-order valence-corrected chi connectivity index (χ4v) is 2.51. The van der Waals surface area contributed by atoms with Crippen LogP contribution >= 0.6 is 0 Å². The lowest BCUT2D eigenvalue weighted by Crippen LogP contribution is -2.08. The van der Waals surface area contributed by atoms with E-state index in [-0.39, 0.29) is 28.3 Å². The smallest absolute Gasteiger partial charge is 0.345 e. The van der Waals surface area contributed by atoms with Gasteiger partial charge in [0.25, 0.3) is 0 Å². The van der Waals surface area contributed by atoms with Crippen molar-refractivity contribution in [3.8, 4) is 23.0 Å². The lowest BCUT2D eigenvalue weighted by Gasteiger charge is -2.06. The maximum absolute atomic E-state index is 12.2. The summed E-state index contributed by atoms with van der Waals surface area (Å²) in [5, 5.41) is 9.93. The van der Waals surface area contributed by atoms with Crippen molar-refractivity contribution >= 4 is 16.9 Å². The van der Waals surface area contributed by atoms with Gasteiger partial charge in [-0.15, -0.1) is 0 Å². The molecule has 0 aliphatic carbocycles. The van der Waals surface area contributed by atoms with E-state index >= 15 is 0 Å². The van der Waals surface area contributed by atoms with Crippen molar-refractivity contribution < 1.29 is 19.1 Å². The number of benzene rings is 1. The minimum absolute atomic E-state index is 0.00609. The second-order valence-corrected chi connectivity index (χ2v) is 5.67. The van der Waals surface area contributed by atoms with Crippen molar-refractivity contribution in [3.63, 3.8) is 0 Å². The van der Waals surface area contributed by atoms with Crippen LogP contribution in [-0.4, -0.2) is 21.0 Å². The van der Waals surface area contributed by atoms with Gasteiger partial charge in [0.05, 0.1) is 17.1 Å². The summed E-state index contributed by atoms with van der Waals surface area (Å²) in [4.78, 5) is 32.3. The van der Waals surface area contributed by atoms with Gasteiger partial charge >= 0.3 is 5.97 Å². The Balaban J connectivity index is 1.62. The highest BCUT2D eigenvalue weighted by Crippen LogP contribution is 2.24. The largest absolute Gasteiger partial charge is 0.508 e. The Morgan fingerprint density at radius 1 is 1.07 bits per heavy atom. The van der Waals surface area contributed by atoms with Crippen LogP contribution in [0, 0.1) is 0 Å². The SMILES string of the molecule is O=C(Oc1ccc(-c2cc(=O)c3ccc(O)cc3o2)nc1)c1cccnc1. The van der Waals surface area contributed by atoms with Gasteiger partial charge in [0.1, 0.15) is 22.8 Å². The van der Waals surface area contributed by atoms with Gasteiger partial charge in [-0.3, -0.25) is 9.78 Å². The first-order valence-corrected chi connectivity index (χ1v) is 7.96. The molecule has 0 amide bonds. The monoisotopic (exact) mass is 360 g/mol. The molecule has 4 aromatic rings. The van der Waals surface area contributed by atoms with E-state index in [0.29, 0.717) is 16.6 Å². The molecule has 0 spiro atoms. The minimum Gasteiger partial charge on any atom is -0.508 e. The second kappa shape index (κ2) is 6.72. The number of nitrogens with zero attached hydrogens (tertiary/aromatic N) is 2. The number of esters is 1. The molecule has 0 saturated carbocycles. The van der Waals surface area contributed by atoms with Crippen LogP contribution in [0.5, 0.6) is 11.5 Å². The molecule has 7 nitrogen and oxygen atoms in total. The van der Waals surface area contributed by atoms with Gasteiger partial charge in [-0.25, -0.2) is 9.78 Å². The second-order valence-electron chi connectivity index (χ2n) is 5.67. The molecule has 4 rings (SSSR count). The molecule has 0 bridgehead atoms. The summed E-state index contributed by atoms with van der Waals surface area (Å²) < 4.78 is 10.9. The topological polar surface area (TPSA) is 103 Å². The minimum atomic E-state index is -0.551. The van der Waals surface area contributed by atoms with Gasteiger partial charge in [-0.05, 0) is 36.4 Å². The lowest BCUT2D eigenvalue weighted by molar-refractivity contribution is 0.0733. The van der Waals surface area contributed by atoms with Gasteiger partial charge < -0.3 is 14.3 Å². The summed E-state index contributed by atoms with van der Waals surface area (Å²) in [6, 6.07) is 11.9. The number of hydrogen-bond acceptors (Lipinski definition) is 7. The van der Waals surface area contributed by atoms with E-state index < -0.39 is 5.97 Å². The Kier molecular flexibility index (Phi) is 4.10. The molecule has 0 saturated heterocycles. The van der Waals surface area contributed by atoms with Gasteiger partial charge in [-0.1, -0.05) is 0 Å². The quantitative estimate of drug-likeness (QED) is 0.560. The number of phenolic OH excluding ortho intramolecular Hbond substituents is 1. The third-order valence-corrected chi connectivity index (χ3v) is 3.81. The summed E-state index contributed by atoms with van der Waals surface area (Å²) in [7, 11) is 0. The van der Waals surface area contributed by atoms with E-state index in [2.05, 4.69) is 9.97 Å². The molecule has 27 heavy (non-hydrogen) atoms. The molecule has 1 N–H and O–H groups in total. The van der Waals surface area contributed by atoms with Crippen molar-refractivity contribution in [1.82, 2.24) is 9.97 Å². The summed E-state index contributed by atoms with van der Waals surface area (Å²) in [5.41, 5.74) is 0.715. The van der Waals surface area contributed by atoms with Gasteiger partial charge in [-0.2, -0.15) is 0 Å². The Morgan fingerprint density at radius 3 is 2.70 bits per heavy atom. The number of rotatable bonds is 3. The Bertz CT molecular complexity index is 1180. The highest BCUT2D eigenvalue weighted by Gasteiger charge is 2.11. The third-order valence-electron chi connectivity index (χ3n) is 3.81. The molecule has 0 aliphatic heterocycles. The van der Waals surface area contributed by atoms with Crippen LogP contribution < -0.4 is 10.2 Å². The summed E-state index contributed by atoms with van der Waals surface area (Å²) in [6.45, 7) is 0. The molecule has 0 fully saturated rings. The first-order chi connectivity index (χ1) is 13.1. The standard InChI is InChI=1S/C20H12N2O5/c23-13-3-5-15-17(24)9-19(27-18(15)8-13)16-6-4-14(11-22-16)26-20(25)12-2-1-7-21-10-12/h1-11,23H. The maximum Gasteiger partial charge on any atom is 0.345 e. The zero-order chi connectivity index (χ0) is 18.8. The first-order valence-electron chi connectivity index (χ1n) is 7.96. The molecule has 3 aromatic heterocycles. The average molecular weight is 360 g/mol. The van der Waals surface area contributed by atoms with Crippen LogP contribution in [0.2, 0.25) is 0 Å². The molecular weight excluding hydrogens is 348 g/mol. The molecular formula is C20H12N2O5. The number of carbonyl (C=O) groups excluding carboxylic acids is 1. The number of ether oxygens (including phenoxy) is 1. The van der Waals surface area contributed by atoms with E-state index in [9.17, 15) is 14.7 Å². The molecule has 1 aromatic carbocycles. The van der Waals surface area contributed by atoms with Gasteiger partial charge in [0.15, 0.2) is 11.2 Å². The van der Waals surface area contributed by atoms with E-state index in [1.54, 1.807) is 30.5 Å². The summed E-state index contributed by atoms with van der Waals surface area (Å²) in [6.07, 6.45) is 4.32. The predicted molar refractivity (Wildman–Crippen MR) is 96.6 cm³/mol. The van der Waals surface area contributed by atoms with E-state index in [1.165, 1.54) is 36.7 Å². The Morgan fingerprint density at radius 2 is 1.96 bits per heavy atom. The van der Waals surface area contributed by atoms with Crippen molar-refractivity contribution in [2.24, 2.45) is 0 Å². The third kappa shape index (κ3) is 3.38. The number of hydrogen-bond donors (Lipinski definition) is 1. The van der Waals surface area contributed by atoms with Crippen LogP contribution in [0.3, 0.4) is 0 Å². The van der Waals surface area contributed by atoms with Crippen LogP contribution in [0.25, 0.3) is 22.4 Å². The van der Waals surface area contributed by atoms with Gasteiger partial charge in [0, 0.05) is 24.5 Å². The summed E-state index contributed by atoms with van der Waals surface area (Å²) in [5.74, 6) is -0.0737. The van der Waals surface area contributed by atoms with E-state index in [0.717, 1.165) is 0 Å². The fourth-order valence-electron chi connectivity index (χ4n) is 2.51. The molecule has 0 aliphatic rings. The molecule has 7 heteroatoms. The first kappa shape index (κ1) is 16.5. The average Bonchev–Trinajstić information content (AvgIpc) is 2.69. The van der Waals surface area contributed by atoms with Crippen molar-refractivity contribution in [2.45, 2.75) is 0 Å². The lowest BCUT2D eigenvalue weighted by atomic mass is 10.2. The van der Waals surface area contributed by atoms with Crippen LogP contribution in [0.1, 0.15) is 10.4 Å². The van der Waals surface area contributed by atoms with Gasteiger partial charge in [0.2, 0.25) is 0 Å². The Labute approximate surface area is 152 Å². The number of phenols is 1. The molecule has 3 heterocycles. The van der Waals surface area contributed by atoms with Crippen LogP contribution in [-0.2, 0) is 0 Å². The highest BCUT2D eigenvalue weighted by atomic mass is 16.5. The summed E-state index contributed by atoms with van der Waals surface area (Å²) >= 11 is 0. The fraction of sp³-hybridized carbons (Fsp3) is 0. The molecule has 132 valence electrons. The zero-order valence-corrected chi connectivity index (χ0v) is 13.8. The maximum atomic E-state index is 12.2. The van der Waals surface area contributed by atoms with Crippen LogP contribution in [0.4, 0.5) is 0 Å². The Hall–Kier alpha value is -4.00.